The predicted molar refractivity (Wildman–Crippen MR) is 133 cm³/mol. The molecule has 0 spiro atoms. The molecule has 0 atom stereocenters. The molecule has 4 aromatic rings. The molecular weight excluding hydrogens is 446 g/mol. The van der Waals surface area contributed by atoms with Gasteiger partial charge in [-0.05, 0) is 32.9 Å². The molecule has 0 radical (unpaired) electrons. The Kier molecular flexibility index (Phi) is 6.58. The third-order valence-electron chi connectivity index (χ3n) is 5.20. The van der Waals surface area contributed by atoms with Crippen molar-refractivity contribution in [3.63, 3.8) is 0 Å². The first-order chi connectivity index (χ1) is 16.8. The van der Waals surface area contributed by atoms with Gasteiger partial charge < -0.3 is 20.7 Å². The van der Waals surface area contributed by atoms with Crippen LogP contribution in [0.15, 0.2) is 36.5 Å². The molecule has 4 rings (SSSR count). The zero-order valence-electron chi connectivity index (χ0n) is 20.5. The van der Waals surface area contributed by atoms with Crippen LogP contribution in [0.2, 0.25) is 0 Å². The van der Waals surface area contributed by atoms with E-state index in [0.29, 0.717) is 51.8 Å². The van der Waals surface area contributed by atoms with Crippen LogP contribution in [0.25, 0.3) is 11.4 Å². The maximum absolute atomic E-state index is 12.6. The van der Waals surface area contributed by atoms with Gasteiger partial charge >= 0.3 is 0 Å². The third-order valence-corrected chi connectivity index (χ3v) is 5.20. The van der Waals surface area contributed by atoms with Gasteiger partial charge in [-0.3, -0.25) is 4.79 Å². The lowest BCUT2D eigenvalue weighted by Gasteiger charge is -2.17. The van der Waals surface area contributed by atoms with E-state index >= 15 is 0 Å². The number of pyridine rings is 1. The van der Waals surface area contributed by atoms with Crippen molar-refractivity contribution < 1.29 is 9.53 Å². The quantitative estimate of drug-likeness (QED) is 0.369. The average Bonchev–Trinajstić information content (AvgIpc) is 3.15. The van der Waals surface area contributed by atoms with Gasteiger partial charge in [0.2, 0.25) is 0 Å². The first-order valence-corrected chi connectivity index (χ1v) is 10.9. The molecule has 11 heteroatoms. The summed E-state index contributed by atoms with van der Waals surface area (Å²) in [7, 11) is 4.99. The minimum absolute atomic E-state index is 0.278. The van der Waals surface area contributed by atoms with Crippen LogP contribution in [0, 0.1) is 20.8 Å². The van der Waals surface area contributed by atoms with E-state index in [0.717, 1.165) is 11.3 Å². The van der Waals surface area contributed by atoms with E-state index in [1.807, 2.05) is 52.1 Å². The van der Waals surface area contributed by atoms with Crippen LogP contribution in [0.5, 0.6) is 5.75 Å². The maximum atomic E-state index is 12.6. The number of nitrogens with zero attached hydrogens (tertiary/aromatic N) is 6. The Bertz CT molecular complexity index is 1380. The number of hydrogen-bond acceptors (Lipinski definition) is 9. The van der Waals surface area contributed by atoms with Crippen LogP contribution in [0.4, 0.5) is 23.0 Å². The van der Waals surface area contributed by atoms with E-state index in [9.17, 15) is 4.79 Å². The number of aromatic nitrogens is 6. The molecule has 0 saturated heterocycles. The topological polar surface area (TPSA) is 132 Å². The molecular formula is C24H27N9O2. The van der Waals surface area contributed by atoms with Crippen molar-refractivity contribution in [3.8, 4) is 17.1 Å². The van der Waals surface area contributed by atoms with Crippen molar-refractivity contribution in [2.24, 2.45) is 7.05 Å². The Morgan fingerprint density at radius 2 is 1.77 bits per heavy atom. The number of ether oxygens (including phenoxy) is 1. The first-order valence-electron chi connectivity index (χ1n) is 10.9. The Labute approximate surface area is 203 Å². The Morgan fingerprint density at radius 3 is 2.43 bits per heavy atom. The van der Waals surface area contributed by atoms with Crippen molar-refractivity contribution in [1.29, 1.82) is 0 Å². The van der Waals surface area contributed by atoms with Crippen LogP contribution in [0.1, 0.15) is 27.7 Å². The average molecular weight is 474 g/mol. The number of para-hydroxylation sites is 1. The molecule has 0 aliphatic carbocycles. The van der Waals surface area contributed by atoms with E-state index in [1.54, 1.807) is 24.9 Å². The normalized spacial score (nSPS) is 10.7. The zero-order valence-corrected chi connectivity index (χ0v) is 20.5. The highest BCUT2D eigenvalue weighted by Crippen LogP contribution is 2.38. The molecule has 11 nitrogen and oxygen atoms in total. The highest BCUT2D eigenvalue weighted by atomic mass is 16.5. The van der Waals surface area contributed by atoms with Gasteiger partial charge in [0.15, 0.2) is 11.6 Å². The summed E-state index contributed by atoms with van der Waals surface area (Å²) < 4.78 is 7.46. The van der Waals surface area contributed by atoms with Crippen molar-refractivity contribution >= 4 is 28.9 Å². The van der Waals surface area contributed by atoms with Crippen LogP contribution in [-0.4, -0.2) is 49.8 Å². The molecule has 0 unspecified atom stereocenters. The molecule has 35 heavy (non-hydrogen) atoms. The van der Waals surface area contributed by atoms with Gasteiger partial charge in [0, 0.05) is 38.1 Å². The van der Waals surface area contributed by atoms with Gasteiger partial charge in [0.25, 0.3) is 5.91 Å². The van der Waals surface area contributed by atoms with Gasteiger partial charge in [0.05, 0.1) is 29.6 Å². The van der Waals surface area contributed by atoms with Gasteiger partial charge in [-0.25, -0.2) is 24.6 Å². The second kappa shape index (κ2) is 9.75. The number of nitrogens with one attached hydrogen (secondary N) is 3. The molecule has 180 valence electrons. The third kappa shape index (κ3) is 5.03. The number of carbonyl (C=O) groups is 1. The van der Waals surface area contributed by atoms with E-state index in [4.69, 9.17) is 4.74 Å². The Hall–Kier alpha value is -4.54. The number of amides is 1. The van der Waals surface area contributed by atoms with Crippen molar-refractivity contribution in [3.05, 3.63) is 59.4 Å². The molecule has 0 fully saturated rings. The van der Waals surface area contributed by atoms with E-state index < -0.39 is 0 Å². The summed E-state index contributed by atoms with van der Waals surface area (Å²) >= 11 is 0. The van der Waals surface area contributed by atoms with Crippen LogP contribution in [0.3, 0.4) is 0 Å². The van der Waals surface area contributed by atoms with Gasteiger partial charge in [-0.15, -0.1) is 0 Å². The summed E-state index contributed by atoms with van der Waals surface area (Å²) in [6, 6.07) is 9.23. The van der Waals surface area contributed by atoms with Crippen molar-refractivity contribution in [2.75, 3.05) is 24.8 Å². The second-order valence-corrected chi connectivity index (χ2v) is 7.88. The number of carbonyl (C=O) groups excluding carboxylic acids is 1. The fraction of sp³-hybridized carbons (Fsp3) is 0.250. The fourth-order valence-corrected chi connectivity index (χ4v) is 3.78. The standard InChI is InChI=1S/C24H27N9O2/c1-13-10-21(28-14(2)27-13)31-20-11-19(17(12-26-20)24(34)25-4)30-18-9-7-8-16(22(18)35-6)23-29-15(3)32-33(23)5/h7-12H,1-6H3,(H,25,34)(H2,26,27,28,30,31). The van der Waals surface area contributed by atoms with E-state index in [-0.39, 0.29) is 5.91 Å². The predicted octanol–water partition coefficient (Wildman–Crippen LogP) is 3.45. The number of aryl methyl sites for hydroxylation is 4. The lowest BCUT2D eigenvalue weighted by Crippen LogP contribution is -2.19. The monoisotopic (exact) mass is 473 g/mol. The first kappa shape index (κ1) is 23.6. The Morgan fingerprint density at radius 1 is 0.971 bits per heavy atom. The molecule has 3 heterocycles. The van der Waals surface area contributed by atoms with Crippen LogP contribution >= 0.6 is 0 Å². The minimum Gasteiger partial charge on any atom is -0.494 e. The van der Waals surface area contributed by atoms with Crippen molar-refractivity contribution in [2.45, 2.75) is 20.8 Å². The molecule has 0 bridgehead atoms. The van der Waals surface area contributed by atoms with Gasteiger partial charge in [-0.2, -0.15) is 5.10 Å². The smallest absolute Gasteiger partial charge is 0.254 e. The summed E-state index contributed by atoms with van der Waals surface area (Å²) in [6.07, 6.45) is 1.51. The summed E-state index contributed by atoms with van der Waals surface area (Å²) in [6.45, 7) is 5.55. The van der Waals surface area contributed by atoms with Gasteiger partial charge in [0.1, 0.15) is 23.3 Å². The fourth-order valence-electron chi connectivity index (χ4n) is 3.78. The molecule has 3 N–H and O–H groups in total. The highest BCUT2D eigenvalue weighted by Gasteiger charge is 2.19. The minimum atomic E-state index is -0.278. The molecule has 0 aliphatic rings. The summed E-state index contributed by atoms with van der Waals surface area (Å²) in [5.74, 6) is 3.38. The lowest BCUT2D eigenvalue weighted by atomic mass is 10.1. The maximum Gasteiger partial charge on any atom is 0.254 e. The number of methoxy groups -OCH3 is 1. The number of anilines is 4. The SMILES string of the molecule is CNC(=O)c1cnc(Nc2cc(C)nc(C)n2)cc1Nc1cccc(-c2nc(C)nn2C)c1OC. The van der Waals surface area contributed by atoms with E-state index in [2.05, 4.69) is 41.0 Å². The number of rotatable bonds is 7. The molecule has 1 aromatic carbocycles. The number of hydrogen-bond donors (Lipinski definition) is 3. The summed E-state index contributed by atoms with van der Waals surface area (Å²) in [4.78, 5) is 30.2. The van der Waals surface area contributed by atoms with Crippen LogP contribution < -0.4 is 20.7 Å². The van der Waals surface area contributed by atoms with Crippen molar-refractivity contribution in [1.82, 2.24) is 35.0 Å². The van der Waals surface area contributed by atoms with Crippen LogP contribution in [-0.2, 0) is 7.05 Å². The molecule has 0 aliphatic heterocycles. The van der Waals surface area contributed by atoms with Gasteiger partial charge in [-0.1, -0.05) is 6.07 Å². The molecule has 1 amide bonds. The number of benzene rings is 1. The second-order valence-electron chi connectivity index (χ2n) is 7.88. The summed E-state index contributed by atoms with van der Waals surface area (Å²) in [5.41, 5.74) is 3.16. The lowest BCUT2D eigenvalue weighted by molar-refractivity contribution is 0.0963. The summed E-state index contributed by atoms with van der Waals surface area (Å²) in [5, 5.41) is 13.5. The highest BCUT2D eigenvalue weighted by molar-refractivity contribution is 6.00. The molecule has 0 saturated carbocycles. The zero-order chi connectivity index (χ0) is 25.1. The van der Waals surface area contributed by atoms with E-state index in [1.165, 1.54) is 6.20 Å². The molecule has 3 aromatic heterocycles. The Balaban J connectivity index is 1.76. The largest absolute Gasteiger partial charge is 0.494 e.